The molecule has 0 aromatic heterocycles. The molecule has 4 atom stereocenters. The molecule has 1 aliphatic heterocycles. The van der Waals surface area contributed by atoms with Gasteiger partial charge in [0.1, 0.15) is 22.8 Å². The van der Waals surface area contributed by atoms with Crippen LogP contribution >= 0.6 is 0 Å². The van der Waals surface area contributed by atoms with Gasteiger partial charge in [0, 0.05) is 56.3 Å². The van der Waals surface area contributed by atoms with E-state index in [1.165, 1.54) is 23.9 Å². The third-order valence-electron chi connectivity index (χ3n) is 8.90. The van der Waals surface area contributed by atoms with Crippen molar-refractivity contribution in [2.75, 3.05) is 46.2 Å². The van der Waals surface area contributed by atoms with Gasteiger partial charge in [0.2, 0.25) is 5.78 Å². The third-order valence-corrected chi connectivity index (χ3v) is 8.90. The second kappa shape index (κ2) is 9.50. The number of benzene rings is 1. The number of hydrogen-bond acceptors (Lipinski definition) is 10. The maximum Gasteiger partial charge on any atom is 0.261 e. The van der Waals surface area contributed by atoms with Gasteiger partial charge in [-0.2, -0.15) is 0 Å². The lowest BCUT2D eigenvalue weighted by Crippen LogP contribution is -2.65. The van der Waals surface area contributed by atoms with Crippen molar-refractivity contribution in [1.29, 1.82) is 0 Å². The molecule has 1 aromatic carbocycles. The molecule has 13 heteroatoms. The lowest BCUT2D eigenvalue weighted by atomic mass is 9.57. The van der Waals surface area contributed by atoms with Crippen molar-refractivity contribution in [3.63, 3.8) is 0 Å². The summed E-state index contributed by atoms with van der Waals surface area (Å²) in [6.07, 6.45) is -0.201. The number of halogens is 2. The summed E-state index contributed by atoms with van der Waals surface area (Å²) in [5.41, 5.74) is 2.79. The summed E-state index contributed by atoms with van der Waals surface area (Å²) in [7, 11) is 6.57. The van der Waals surface area contributed by atoms with Crippen molar-refractivity contribution in [1.82, 2.24) is 9.80 Å². The zero-order valence-corrected chi connectivity index (χ0v) is 23.2. The number of fused-ring (bicyclic) bond motifs is 3. The number of aliphatic hydroxyl groups excluding tert-OH is 2. The SMILES string of the molecule is CN(C)c1cc(CN2CCC(F)(F)C2)c(O)c2c1C[C@H]1C[C@H]3[C@H](N(C)C)C(=O)C(C(N)=O)=C(O)[C@@]3(O)C(=O)C1=C2O. The molecule has 0 spiro atoms. The maximum absolute atomic E-state index is 14.0. The number of likely N-dealkylation sites (tertiary alicyclic amines) is 1. The minimum absolute atomic E-state index is 0.0238. The normalized spacial score (nSPS) is 29.5. The first-order valence-electron chi connectivity index (χ1n) is 13.3. The Balaban J connectivity index is 1.68. The van der Waals surface area contributed by atoms with E-state index in [1.54, 1.807) is 25.1 Å². The van der Waals surface area contributed by atoms with Crippen molar-refractivity contribution in [2.24, 2.45) is 17.6 Å². The second-order valence-electron chi connectivity index (χ2n) is 11.9. The van der Waals surface area contributed by atoms with E-state index in [9.17, 15) is 43.6 Å². The van der Waals surface area contributed by atoms with Gasteiger partial charge in [-0.15, -0.1) is 0 Å². The van der Waals surface area contributed by atoms with Gasteiger partial charge in [-0.1, -0.05) is 0 Å². The fourth-order valence-corrected chi connectivity index (χ4v) is 7.05. The number of carbonyl (C=O) groups is 3. The van der Waals surface area contributed by atoms with Gasteiger partial charge >= 0.3 is 0 Å². The molecule has 1 saturated heterocycles. The summed E-state index contributed by atoms with van der Waals surface area (Å²) < 4.78 is 27.7. The van der Waals surface area contributed by atoms with Crippen LogP contribution in [-0.4, -0.2) is 107 Å². The first kappa shape index (κ1) is 29.0. The number of rotatable bonds is 5. The summed E-state index contributed by atoms with van der Waals surface area (Å²) in [6, 6.07) is 0.500. The Morgan fingerprint density at radius 2 is 1.83 bits per heavy atom. The molecule has 0 unspecified atom stereocenters. The van der Waals surface area contributed by atoms with Gasteiger partial charge in [-0.3, -0.25) is 24.2 Å². The average molecular weight is 577 g/mol. The van der Waals surface area contributed by atoms with Gasteiger partial charge in [-0.05, 0) is 44.5 Å². The van der Waals surface area contributed by atoms with E-state index in [0.717, 1.165) is 0 Å². The molecule has 3 aliphatic carbocycles. The number of ketones is 2. The highest BCUT2D eigenvalue weighted by atomic mass is 19.3. The first-order valence-corrected chi connectivity index (χ1v) is 13.3. The average Bonchev–Trinajstić information content (AvgIpc) is 3.20. The number of primary amides is 1. The Labute approximate surface area is 235 Å². The highest BCUT2D eigenvalue weighted by Gasteiger charge is 2.64. The van der Waals surface area contributed by atoms with E-state index in [1.807, 2.05) is 0 Å². The number of aliphatic hydroxyl groups is 3. The number of carbonyl (C=O) groups excluding carboxylic acids is 3. The van der Waals surface area contributed by atoms with E-state index in [-0.39, 0.29) is 54.8 Å². The molecule has 5 rings (SSSR count). The molecule has 0 radical (unpaired) electrons. The molecule has 4 aliphatic rings. The van der Waals surface area contributed by atoms with Gasteiger partial charge in [0.15, 0.2) is 11.4 Å². The van der Waals surface area contributed by atoms with E-state index in [4.69, 9.17) is 5.73 Å². The monoisotopic (exact) mass is 576 g/mol. The summed E-state index contributed by atoms with van der Waals surface area (Å²) in [6.45, 7) is -0.398. The molecule has 1 aromatic rings. The molecule has 1 heterocycles. The number of amides is 1. The van der Waals surface area contributed by atoms with E-state index >= 15 is 0 Å². The van der Waals surface area contributed by atoms with Gasteiger partial charge in [0.25, 0.3) is 11.8 Å². The highest BCUT2D eigenvalue weighted by molar-refractivity contribution is 6.24. The Bertz CT molecular complexity index is 1440. The predicted octanol–water partition coefficient (Wildman–Crippen LogP) is 0.871. The number of hydrogen-bond donors (Lipinski definition) is 5. The number of phenols is 1. The molecule has 222 valence electrons. The van der Waals surface area contributed by atoms with Gasteiger partial charge in [-0.25, -0.2) is 8.78 Å². The van der Waals surface area contributed by atoms with Crippen LogP contribution in [0, 0.1) is 11.8 Å². The molecule has 2 fully saturated rings. The number of phenolic OH excluding ortho intramolecular Hbond substituents is 1. The molecular formula is C28H34F2N4O7. The van der Waals surface area contributed by atoms with Crippen LogP contribution in [0.1, 0.15) is 29.5 Å². The largest absolute Gasteiger partial charge is 0.508 e. The molecule has 1 amide bonds. The molecule has 41 heavy (non-hydrogen) atoms. The van der Waals surface area contributed by atoms with Crippen LogP contribution in [0.2, 0.25) is 0 Å². The summed E-state index contributed by atoms with van der Waals surface area (Å²) in [5, 5.41) is 45.6. The maximum atomic E-state index is 14.0. The molecule has 11 nitrogen and oxygen atoms in total. The number of alkyl halides is 2. The van der Waals surface area contributed by atoms with Crippen LogP contribution in [-0.2, 0) is 27.3 Å². The Kier molecular flexibility index (Phi) is 6.71. The van der Waals surface area contributed by atoms with E-state index in [0.29, 0.717) is 11.3 Å². The van der Waals surface area contributed by atoms with Crippen molar-refractivity contribution in [2.45, 2.75) is 43.4 Å². The van der Waals surface area contributed by atoms with Crippen LogP contribution in [0.25, 0.3) is 5.76 Å². The first-order chi connectivity index (χ1) is 19.0. The summed E-state index contributed by atoms with van der Waals surface area (Å²) in [4.78, 5) is 44.1. The zero-order valence-electron chi connectivity index (χ0n) is 23.2. The standard InChI is InChI=1S/C28H34F2N4O7/c1-32(2)16-9-13(10-34-6-5-27(29,30)11-34)21(35)18-14(16)7-12-8-15-20(33(3)4)23(37)19(26(31)40)25(39)28(15,41)24(38)17(12)22(18)36/h9,12,15,20,35-36,39,41H,5-8,10-11H2,1-4H3,(H2,31,40)/t12-,15-,20-,28-/m0/s1. The van der Waals surface area contributed by atoms with Gasteiger partial charge < -0.3 is 31.1 Å². The molecule has 6 N–H and O–H groups in total. The van der Waals surface area contributed by atoms with E-state index in [2.05, 4.69) is 0 Å². The van der Waals surface area contributed by atoms with Gasteiger partial charge in [0.05, 0.1) is 18.2 Å². The zero-order chi connectivity index (χ0) is 30.3. The fourth-order valence-electron chi connectivity index (χ4n) is 7.05. The van der Waals surface area contributed by atoms with E-state index < -0.39 is 70.5 Å². The number of Topliss-reactive ketones (excluding diaryl/α,β-unsaturated/α-hetero) is 2. The Hall–Kier alpha value is -3.55. The van der Waals surface area contributed by atoms with Crippen LogP contribution in [0.15, 0.2) is 23.0 Å². The lowest BCUT2D eigenvalue weighted by Gasteiger charge is -2.50. The lowest BCUT2D eigenvalue weighted by molar-refractivity contribution is -0.153. The van der Waals surface area contributed by atoms with Crippen molar-refractivity contribution >= 4 is 28.9 Å². The molecular weight excluding hydrogens is 542 g/mol. The highest BCUT2D eigenvalue weighted by Crippen LogP contribution is 2.54. The number of aromatic hydroxyl groups is 1. The summed E-state index contributed by atoms with van der Waals surface area (Å²) >= 11 is 0. The van der Waals surface area contributed by atoms with Crippen molar-refractivity contribution < 1.29 is 43.6 Å². The third kappa shape index (κ3) is 4.20. The molecule has 1 saturated carbocycles. The fraction of sp³-hybridized carbons (Fsp3) is 0.536. The Morgan fingerprint density at radius 1 is 1.17 bits per heavy atom. The topological polar surface area (TPSA) is 168 Å². The number of nitrogens with zero attached hydrogens (tertiary/aromatic N) is 3. The second-order valence-corrected chi connectivity index (χ2v) is 11.9. The molecule has 0 bridgehead atoms. The number of likely N-dealkylation sites (N-methyl/N-ethyl adjacent to an activating group) is 1. The predicted molar refractivity (Wildman–Crippen MR) is 143 cm³/mol. The van der Waals surface area contributed by atoms with Crippen molar-refractivity contribution in [3.8, 4) is 5.75 Å². The van der Waals surface area contributed by atoms with Crippen LogP contribution in [0.4, 0.5) is 14.5 Å². The summed E-state index contributed by atoms with van der Waals surface area (Å²) in [5.74, 6) is -10.1. The Morgan fingerprint density at radius 3 is 2.37 bits per heavy atom. The minimum Gasteiger partial charge on any atom is -0.508 e. The minimum atomic E-state index is -2.85. The van der Waals surface area contributed by atoms with Crippen LogP contribution in [0.5, 0.6) is 5.75 Å². The van der Waals surface area contributed by atoms with Crippen LogP contribution < -0.4 is 10.6 Å². The number of anilines is 1. The smallest absolute Gasteiger partial charge is 0.261 e. The number of nitrogens with two attached hydrogens (primary N) is 1. The quantitative estimate of drug-likeness (QED) is 0.317. The van der Waals surface area contributed by atoms with Crippen molar-refractivity contribution in [3.05, 3.63) is 39.7 Å². The van der Waals surface area contributed by atoms with Crippen LogP contribution in [0.3, 0.4) is 0 Å².